The highest BCUT2D eigenvalue weighted by Gasteiger charge is 2.23. The average Bonchev–Trinajstić information content (AvgIpc) is 3.06. The number of aliphatic hydroxyl groups excluding tert-OH is 1. The van der Waals surface area contributed by atoms with Crippen LogP contribution in [0.15, 0.2) is 24.3 Å². The Bertz CT molecular complexity index is 876. The monoisotopic (exact) mass is 729 g/mol. The van der Waals surface area contributed by atoms with E-state index in [2.05, 4.69) is 31.3 Å². The van der Waals surface area contributed by atoms with Gasteiger partial charge in [0.1, 0.15) is 13.2 Å². The summed E-state index contributed by atoms with van der Waals surface area (Å²) >= 11 is 0. The lowest BCUT2D eigenvalue weighted by molar-refractivity contribution is -0.870. The maximum atomic E-state index is 12.8. The summed E-state index contributed by atoms with van der Waals surface area (Å²) in [6, 6.07) is -0.896. The van der Waals surface area contributed by atoms with E-state index in [1.54, 1.807) is 6.08 Å². The third-order valence-corrected chi connectivity index (χ3v) is 10.1. The van der Waals surface area contributed by atoms with Crippen LogP contribution in [-0.4, -0.2) is 68.5 Å². The predicted octanol–water partition coefficient (Wildman–Crippen LogP) is 10.3. The molecule has 0 radical (unpaired) electrons. The van der Waals surface area contributed by atoms with E-state index in [9.17, 15) is 19.4 Å². The number of phosphoric ester groups is 1. The number of carbonyl (C=O) groups excluding carboxylic acids is 1. The summed E-state index contributed by atoms with van der Waals surface area (Å²) in [5.74, 6) is -0.208. The van der Waals surface area contributed by atoms with Gasteiger partial charge in [0.2, 0.25) is 5.91 Å². The first-order valence-corrected chi connectivity index (χ1v) is 22.2. The Labute approximate surface area is 309 Å². The smallest absolute Gasteiger partial charge is 0.268 e. The number of unbranched alkanes of at least 4 members (excludes halogenated alkanes) is 22. The molecule has 0 bridgehead atoms. The minimum absolute atomic E-state index is 0.00472. The summed E-state index contributed by atoms with van der Waals surface area (Å²) in [5, 5.41) is 13.7. The van der Waals surface area contributed by atoms with E-state index in [0.717, 1.165) is 38.5 Å². The minimum Gasteiger partial charge on any atom is -0.756 e. The van der Waals surface area contributed by atoms with Gasteiger partial charge in [0.05, 0.1) is 39.9 Å². The van der Waals surface area contributed by atoms with Crippen LogP contribution in [0, 0.1) is 0 Å². The second-order valence-electron chi connectivity index (χ2n) is 15.3. The zero-order valence-corrected chi connectivity index (χ0v) is 34.2. The number of nitrogens with one attached hydrogen (secondary N) is 1. The summed E-state index contributed by atoms with van der Waals surface area (Å²) in [4.78, 5) is 25.2. The van der Waals surface area contributed by atoms with Crippen molar-refractivity contribution in [3.63, 3.8) is 0 Å². The first-order chi connectivity index (χ1) is 24.0. The molecule has 0 fully saturated rings. The number of likely N-dealkylation sites (N-methyl/N-ethyl adjacent to an activating group) is 1. The van der Waals surface area contributed by atoms with E-state index in [1.807, 2.05) is 27.2 Å². The molecule has 2 N–H and O–H groups in total. The lowest BCUT2D eigenvalue weighted by Crippen LogP contribution is -2.45. The predicted molar refractivity (Wildman–Crippen MR) is 210 cm³/mol. The lowest BCUT2D eigenvalue weighted by Gasteiger charge is -2.29. The number of hydrogen-bond acceptors (Lipinski definition) is 6. The molecule has 3 unspecified atom stereocenters. The van der Waals surface area contributed by atoms with Gasteiger partial charge in [0.15, 0.2) is 0 Å². The zero-order valence-electron chi connectivity index (χ0n) is 33.4. The van der Waals surface area contributed by atoms with Gasteiger partial charge in [-0.25, -0.2) is 0 Å². The van der Waals surface area contributed by atoms with Crippen molar-refractivity contribution >= 4 is 13.7 Å². The van der Waals surface area contributed by atoms with Crippen molar-refractivity contribution in [3.8, 4) is 0 Å². The molecular weight excluding hydrogens is 647 g/mol. The number of phosphoric acid groups is 1. The highest BCUT2D eigenvalue weighted by molar-refractivity contribution is 7.45. The van der Waals surface area contributed by atoms with Gasteiger partial charge < -0.3 is 28.8 Å². The van der Waals surface area contributed by atoms with Crippen LogP contribution in [0.4, 0.5) is 0 Å². The Kier molecular flexibility index (Phi) is 33.1. The van der Waals surface area contributed by atoms with Crippen LogP contribution in [0.2, 0.25) is 0 Å². The quantitative estimate of drug-likeness (QED) is 0.0285. The van der Waals surface area contributed by atoms with E-state index >= 15 is 0 Å². The summed E-state index contributed by atoms with van der Waals surface area (Å²) in [6.45, 7) is 4.58. The van der Waals surface area contributed by atoms with E-state index in [4.69, 9.17) is 9.05 Å². The molecule has 0 aliphatic rings. The van der Waals surface area contributed by atoms with Crippen LogP contribution in [0.25, 0.3) is 0 Å². The van der Waals surface area contributed by atoms with Crippen molar-refractivity contribution in [2.24, 2.45) is 0 Å². The van der Waals surface area contributed by atoms with E-state index in [1.165, 1.54) is 122 Å². The summed E-state index contributed by atoms with van der Waals surface area (Å²) in [6.07, 6.45) is 38.0. The molecule has 3 atom stereocenters. The van der Waals surface area contributed by atoms with Crippen LogP contribution in [-0.2, 0) is 18.4 Å². The van der Waals surface area contributed by atoms with Gasteiger partial charge in [0, 0.05) is 6.42 Å². The maximum absolute atomic E-state index is 12.8. The van der Waals surface area contributed by atoms with Crippen molar-refractivity contribution < 1.29 is 32.9 Å². The molecule has 0 aliphatic heterocycles. The van der Waals surface area contributed by atoms with E-state index in [0.29, 0.717) is 17.4 Å². The third kappa shape index (κ3) is 35.4. The molecule has 0 aromatic carbocycles. The molecular formula is C41H81N2O6P. The Morgan fingerprint density at radius 1 is 0.680 bits per heavy atom. The highest BCUT2D eigenvalue weighted by Crippen LogP contribution is 2.38. The minimum atomic E-state index is -4.58. The van der Waals surface area contributed by atoms with Crippen LogP contribution in [0.5, 0.6) is 0 Å². The summed E-state index contributed by atoms with van der Waals surface area (Å²) in [5.41, 5.74) is 0. The summed E-state index contributed by atoms with van der Waals surface area (Å²) < 4.78 is 23.1. The van der Waals surface area contributed by atoms with E-state index < -0.39 is 20.0 Å². The number of allylic oxidation sites excluding steroid dienone is 3. The van der Waals surface area contributed by atoms with Gasteiger partial charge in [-0.15, -0.1) is 0 Å². The van der Waals surface area contributed by atoms with Gasteiger partial charge in [-0.3, -0.25) is 9.36 Å². The lowest BCUT2D eigenvalue weighted by atomic mass is 10.0. The Morgan fingerprint density at radius 2 is 1.12 bits per heavy atom. The van der Waals surface area contributed by atoms with Crippen LogP contribution >= 0.6 is 7.82 Å². The molecule has 0 heterocycles. The van der Waals surface area contributed by atoms with Gasteiger partial charge in [0.25, 0.3) is 7.82 Å². The molecule has 0 aromatic rings. The Balaban J connectivity index is 4.38. The molecule has 0 saturated heterocycles. The normalized spacial score (nSPS) is 14.8. The molecule has 8 nitrogen and oxygen atoms in total. The molecule has 0 aliphatic carbocycles. The maximum Gasteiger partial charge on any atom is 0.268 e. The first kappa shape index (κ1) is 49.0. The SMILES string of the molecule is CCCCCC/C=C/CC/C=C/C(O)C(COP(=O)([O-])OCC[N+](C)(C)C)NC(=O)CCCCCCCCCCCCCCCCCCCC. The van der Waals surface area contributed by atoms with Crippen molar-refractivity contribution in [1.29, 1.82) is 0 Å². The number of quaternary nitrogens is 1. The fraction of sp³-hybridized carbons (Fsp3) is 0.878. The molecule has 296 valence electrons. The molecule has 0 saturated carbocycles. The largest absolute Gasteiger partial charge is 0.756 e. The second-order valence-corrected chi connectivity index (χ2v) is 16.8. The van der Waals surface area contributed by atoms with Crippen molar-refractivity contribution in [2.75, 3.05) is 40.9 Å². The second kappa shape index (κ2) is 33.8. The Hall–Kier alpha value is -1.02. The molecule has 0 rings (SSSR count). The van der Waals surface area contributed by atoms with Crippen molar-refractivity contribution in [1.82, 2.24) is 5.32 Å². The zero-order chi connectivity index (χ0) is 37.2. The molecule has 0 spiro atoms. The molecule has 0 aromatic heterocycles. The van der Waals surface area contributed by atoms with Crippen LogP contribution in [0.1, 0.15) is 181 Å². The molecule has 50 heavy (non-hydrogen) atoms. The standard InChI is InChI=1S/C41H81N2O6P/c1-6-8-10-12-14-16-18-19-20-21-22-23-24-25-27-29-31-33-35-41(45)42-39(38-49-50(46,47)48-37-36-43(3,4)5)40(44)34-32-30-28-26-17-15-13-11-9-7-2/h17,26,32,34,39-40,44H,6-16,18-25,27-31,33,35-38H2,1-5H3,(H-,42,45,46,47)/b26-17+,34-32+. The van der Waals surface area contributed by atoms with Crippen LogP contribution < -0.4 is 10.2 Å². The fourth-order valence-electron chi connectivity index (χ4n) is 5.81. The van der Waals surface area contributed by atoms with Gasteiger partial charge in [-0.2, -0.15) is 0 Å². The number of nitrogens with zero attached hydrogens (tertiary/aromatic N) is 1. The topological polar surface area (TPSA) is 108 Å². The van der Waals surface area contributed by atoms with E-state index in [-0.39, 0.29) is 19.1 Å². The summed E-state index contributed by atoms with van der Waals surface area (Å²) in [7, 11) is 1.24. The molecule has 9 heteroatoms. The number of amides is 1. The number of aliphatic hydroxyl groups is 1. The number of carbonyl (C=O) groups is 1. The van der Waals surface area contributed by atoms with Gasteiger partial charge in [-0.1, -0.05) is 167 Å². The van der Waals surface area contributed by atoms with Crippen molar-refractivity contribution in [3.05, 3.63) is 24.3 Å². The highest BCUT2D eigenvalue weighted by atomic mass is 31.2. The third-order valence-electron chi connectivity index (χ3n) is 9.16. The van der Waals surface area contributed by atoms with Crippen LogP contribution in [0.3, 0.4) is 0 Å². The average molecular weight is 729 g/mol. The Morgan fingerprint density at radius 3 is 1.62 bits per heavy atom. The first-order valence-electron chi connectivity index (χ1n) is 20.7. The fourth-order valence-corrected chi connectivity index (χ4v) is 6.54. The number of rotatable bonds is 37. The molecule has 1 amide bonds. The van der Waals surface area contributed by atoms with Gasteiger partial charge >= 0.3 is 0 Å². The van der Waals surface area contributed by atoms with Gasteiger partial charge in [-0.05, 0) is 32.1 Å². The number of hydrogen-bond donors (Lipinski definition) is 2. The van der Waals surface area contributed by atoms with Crippen molar-refractivity contribution in [2.45, 2.75) is 193 Å².